The molecular weight excluding hydrogens is 281 g/mol. The predicted molar refractivity (Wildman–Crippen MR) is 69.1 cm³/mol. The van der Waals surface area contributed by atoms with Gasteiger partial charge >= 0.3 is 6.18 Å². The minimum Gasteiger partial charge on any atom is -0.293 e. The summed E-state index contributed by atoms with van der Waals surface area (Å²) in [7, 11) is 0. The summed E-state index contributed by atoms with van der Waals surface area (Å²) in [5.41, 5.74) is -1.95. The minimum absolute atomic E-state index is 0.102. The summed E-state index contributed by atoms with van der Waals surface area (Å²) in [5.74, 6) is -1.05. The van der Waals surface area contributed by atoms with Gasteiger partial charge in [0, 0.05) is 17.5 Å². The van der Waals surface area contributed by atoms with Gasteiger partial charge in [-0.15, -0.1) is 0 Å². The Morgan fingerprint density at radius 3 is 2.67 bits per heavy atom. The first-order valence-corrected chi connectivity index (χ1v) is 6.35. The van der Waals surface area contributed by atoms with Gasteiger partial charge in [0.05, 0.1) is 16.8 Å². The van der Waals surface area contributed by atoms with Crippen LogP contribution >= 0.6 is 0 Å². The van der Waals surface area contributed by atoms with Crippen molar-refractivity contribution < 1.29 is 18.0 Å². The highest BCUT2D eigenvalue weighted by atomic mass is 19.4. The van der Waals surface area contributed by atoms with Crippen molar-refractivity contribution >= 4 is 5.78 Å². The molecule has 0 aliphatic heterocycles. The van der Waals surface area contributed by atoms with E-state index in [1.54, 1.807) is 19.9 Å². The maximum atomic E-state index is 13.1. The van der Waals surface area contributed by atoms with Crippen molar-refractivity contribution in [3.63, 3.8) is 0 Å². The van der Waals surface area contributed by atoms with E-state index in [4.69, 9.17) is 5.26 Å². The number of halogens is 3. The number of nitrogens with zero attached hydrogens (tertiary/aromatic N) is 2. The second-order valence-corrected chi connectivity index (χ2v) is 5.65. The zero-order chi connectivity index (χ0) is 15.8. The summed E-state index contributed by atoms with van der Waals surface area (Å²) in [5, 5.41) is 9.01. The molecule has 1 heterocycles. The van der Waals surface area contributed by atoms with Gasteiger partial charge in [-0.2, -0.15) is 18.4 Å². The maximum absolute atomic E-state index is 13.1. The van der Waals surface area contributed by atoms with Crippen LogP contribution in [-0.4, -0.2) is 10.8 Å². The van der Waals surface area contributed by atoms with Crippen molar-refractivity contribution in [1.82, 2.24) is 4.98 Å². The normalized spacial score (nSPS) is 21.6. The number of alkyl halides is 3. The Morgan fingerprint density at radius 1 is 1.43 bits per heavy atom. The number of aromatic nitrogens is 1. The molecule has 0 spiro atoms. The smallest absolute Gasteiger partial charge is 0.293 e. The lowest BCUT2D eigenvalue weighted by Gasteiger charge is -2.31. The van der Waals surface area contributed by atoms with Crippen molar-refractivity contribution in [1.29, 1.82) is 5.26 Å². The largest absolute Gasteiger partial charge is 0.418 e. The van der Waals surface area contributed by atoms with E-state index in [0.29, 0.717) is 0 Å². The Labute approximate surface area is 120 Å². The third kappa shape index (κ3) is 2.82. The molecule has 0 radical (unpaired) electrons. The summed E-state index contributed by atoms with van der Waals surface area (Å²) in [6, 6.07) is 3.96. The van der Waals surface area contributed by atoms with Crippen LogP contribution in [0.5, 0.6) is 0 Å². The zero-order valence-electron chi connectivity index (χ0n) is 11.5. The number of hydrogen-bond donors (Lipinski definition) is 0. The summed E-state index contributed by atoms with van der Waals surface area (Å²) in [4.78, 5) is 15.8. The van der Waals surface area contributed by atoms with E-state index in [-0.39, 0.29) is 23.5 Å². The van der Waals surface area contributed by atoms with Crippen LogP contribution in [-0.2, 0) is 11.0 Å². The first kappa shape index (κ1) is 15.2. The molecule has 2 rings (SSSR count). The number of ketones is 1. The third-order valence-corrected chi connectivity index (χ3v) is 3.57. The quantitative estimate of drug-likeness (QED) is 0.794. The number of Topliss-reactive ketones (excluding diaryl/α,β-unsaturated/α-hetero) is 1. The van der Waals surface area contributed by atoms with Crippen molar-refractivity contribution in [2.24, 2.45) is 5.41 Å². The monoisotopic (exact) mass is 294 g/mol. The summed E-state index contributed by atoms with van der Waals surface area (Å²) in [6.45, 7) is 3.26. The van der Waals surface area contributed by atoms with E-state index in [2.05, 4.69) is 4.98 Å². The van der Waals surface area contributed by atoms with Gasteiger partial charge < -0.3 is 0 Å². The predicted octanol–water partition coefficient (Wildman–Crippen LogP) is 3.63. The number of pyridine rings is 1. The number of rotatable bonds is 1. The lowest BCUT2D eigenvalue weighted by molar-refractivity contribution is -0.138. The van der Waals surface area contributed by atoms with Crippen molar-refractivity contribution in [2.75, 3.05) is 0 Å². The van der Waals surface area contributed by atoms with E-state index in [1.807, 2.05) is 0 Å². The lowest BCUT2D eigenvalue weighted by Crippen LogP contribution is -2.32. The van der Waals surface area contributed by atoms with Gasteiger partial charge in [-0.05, 0) is 18.6 Å². The molecule has 1 aromatic heterocycles. The van der Waals surface area contributed by atoms with Gasteiger partial charge in [0.2, 0.25) is 0 Å². The van der Waals surface area contributed by atoms with Crippen molar-refractivity contribution in [3.8, 4) is 6.07 Å². The van der Waals surface area contributed by atoms with E-state index < -0.39 is 23.1 Å². The Hall–Kier alpha value is -2.16. The molecule has 6 heteroatoms. The molecule has 21 heavy (non-hydrogen) atoms. The number of hydrogen-bond acceptors (Lipinski definition) is 3. The molecule has 1 aliphatic carbocycles. The molecule has 0 saturated heterocycles. The van der Waals surface area contributed by atoms with Crippen LogP contribution in [0.4, 0.5) is 13.2 Å². The lowest BCUT2D eigenvalue weighted by atomic mass is 9.70. The molecule has 0 saturated carbocycles. The van der Waals surface area contributed by atoms with Gasteiger partial charge in [-0.3, -0.25) is 9.78 Å². The molecule has 0 bridgehead atoms. The SMILES string of the molecule is CC1(C)CC(c2ncccc2C(F)(F)F)C=C(C#N)C1=O. The Balaban J connectivity index is 2.56. The maximum Gasteiger partial charge on any atom is 0.418 e. The van der Waals surface area contributed by atoms with Crippen LogP contribution < -0.4 is 0 Å². The molecule has 1 aromatic rings. The molecule has 0 aromatic carbocycles. The fourth-order valence-corrected chi connectivity index (χ4v) is 2.56. The Kier molecular flexibility index (Phi) is 3.62. The molecule has 3 nitrogen and oxygen atoms in total. The standard InChI is InChI=1S/C15H13F3N2O/c1-14(2)7-9(6-10(8-19)13(14)21)12-11(15(16,17)18)4-3-5-20-12/h3-6,9H,7H2,1-2H3. The summed E-state index contributed by atoms with van der Waals surface area (Å²) >= 11 is 0. The van der Waals surface area contributed by atoms with E-state index in [0.717, 1.165) is 6.07 Å². The highest BCUT2D eigenvalue weighted by Crippen LogP contribution is 2.43. The summed E-state index contributed by atoms with van der Waals surface area (Å²) < 4.78 is 39.2. The van der Waals surface area contributed by atoms with Crippen molar-refractivity contribution in [2.45, 2.75) is 32.4 Å². The van der Waals surface area contributed by atoms with Crippen LogP contribution in [0.15, 0.2) is 30.0 Å². The second-order valence-electron chi connectivity index (χ2n) is 5.65. The van der Waals surface area contributed by atoms with Crippen molar-refractivity contribution in [3.05, 3.63) is 41.2 Å². The van der Waals surface area contributed by atoms with Gasteiger partial charge in [-0.1, -0.05) is 19.9 Å². The Morgan fingerprint density at radius 2 is 2.10 bits per heavy atom. The number of allylic oxidation sites excluding steroid dienone is 2. The summed E-state index contributed by atoms with van der Waals surface area (Å²) in [6.07, 6.45) is -1.74. The van der Waals surface area contributed by atoms with E-state index in [1.165, 1.54) is 18.3 Å². The first-order valence-electron chi connectivity index (χ1n) is 6.35. The first-order chi connectivity index (χ1) is 9.66. The highest BCUT2D eigenvalue weighted by Gasteiger charge is 2.41. The fraction of sp³-hybridized carbons (Fsp3) is 0.400. The van der Waals surface area contributed by atoms with Crippen LogP contribution in [0.1, 0.15) is 37.4 Å². The third-order valence-electron chi connectivity index (χ3n) is 3.57. The Bertz CT molecular complexity index is 654. The molecular formula is C15H13F3N2O. The van der Waals surface area contributed by atoms with Crippen LogP contribution in [0.25, 0.3) is 0 Å². The van der Waals surface area contributed by atoms with Crippen LogP contribution in [0.3, 0.4) is 0 Å². The topological polar surface area (TPSA) is 53.8 Å². The average molecular weight is 294 g/mol. The molecule has 0 amide bonds. The molecule has 110 valence electrons. The van der Waals surface area contributed by atoms with Gasteiger partial charge in [0.15, 0.2) is 5.78 Å². The minimum atomic E-state index is -4.52. The molecule has 1 unspecified atom stereocenters. The number of carbonyl (C=O) groups is 1. The average Bonchev–Trinajstić information content (AvgIpc) is 2.40. The second kappa shape index (κ2) is 4.99. The molecule has 1 aliphatic rings. The van der Waals surface area contributed by atoms with Crippen LogP contribution in [0.2, 0.25) is 0 Å². The van der Waals surface area contributed by atoms with Gasteiger partial charge in [-0.25, -0.2) is 0 Å². The zero-order valence-corrected chi connectivity index (χ0v) is 11.5. The fourth-order valence-electron chi connectivity index (χ4n) is 2.56. The van der Waals surface area contributed by atoms with Gasteiger partial charge in [0.25, 0.3) is 0 Å². The van der Waals surface area contributed by atoms with E-state index in [9.17, 15) is 18.0 Å². The van der Waals surface area contributed by atoms with E-state index >= 15 is 0 Å². The molecule has 1 atom stereocenters. The number of nitriles is 1. The highest BCUT2D eigenvalue weighted by molar-refractivity contribution is 6.03. The van der Waals surface area contributed by atoms with Gasteiger partial charge in [0.1, 0.15) is 6.07 Å². The number of carbonyl (C=O) groups excluding carboxylic acids is 1. The molecule has 0 N–H and O–H groups in total. The van der Waals surface area contributed by atoms with Crippen LogP contribution in [0, 0.1) is 16.7 Å². The molecule has 0 fully saturated rings.